The Hall–Kier alpha value is -1.41. The Morgan fingerprint density at radius 2 is 2.14 bits per heavy atom. The van der Waals surface area contributed by atoms with E-state index in [0.717, 1.165) is 18.9 Å². The molecular formula is C14H13BrFNO4S. The van der Waals surface area contributed by atoms with E-state index in [4.69, 9.17) is 0 Å². The third-order valence-electron chi connectivity index (χ3n) is 3.14. The molecule has 0 radical (unpaired) electrons. The minimum Gasteiger partial charge on any atom is -0.465 e. The van der Waals surface area contributed by atoms with Crippen LogP contribution in [0.1, 0.15) is 23.7 Å². The average molecular weight is 390 g/mol. The van der Waals surface area contributed by atoms with Crippen LogP contribution in [0.25, 0.3) is 0 Å². The van der Waals surface area contributed by atoms with Crippen LogP contribution in [-0.2, 0) is 14.3 Å². The van der Waals surface area contributed by atoms with Gasteiger partial charge in [-0.05, 0) is 12.1 Å². The Morgan fingerprint density at radius 1 is 1.45 bits per heavy atom. The topological polar surface area (TPSA) is 63.7 Å². The highest BCUT2D eigenvalue weighted by Crippen LogP contribution is 2.33. The summed E-state index contributed by atoms with van der Waals surface area (Å²) in [7, 11) is 1.16. The molecule has 0 saturated carbocycles. The number of benzene rings is 1. The molecule has 1 saturated heterocycles. The Balaban J connectivity index is 2.36. The van der Waals surface area contributed by atoms with Crippen molar-refractivity contribution in [2.45, 2.75) is 18.6 Å². The maximum absolute atomic E-state index is 14.5. The molecular weight excluding hydrogens is 377 g/mol. The lowest BCUT2D eigenvalue weighted by Crippen LogP contribution is -2.26. The van der Waals surface area contributed by atoms with Gasteiger partial charge in [-0.3, -0.25) is 9.59 Å². The van der Waals surface area contributed by atoms with Crippen LogP contribution in [-0.4, -0.2) is 35.9 Å². The van der Waals surface area contributed by atoms with Crippen molar-refractivity contribution in [2.24, 2.45) is 0 Å². The normalized spacial score (nSPS) is 17.7. The number of ether oxygens (including phenoxy) is 1. The maximum atomic E-state index is 14.5. The summed E-state index contributed by atoms with van der Waals surface area (Å²) >= 11 is 4.26. The van der Waals surface area contributed by atoms with Crippen LogP contribution < -0.4 is 4.90 Å². The number of hydrogen-bond donors (Lipinski definition) is 0. The fraction of sp³-hybridized carbons (Fsp3) is 0.357. The van der Waals surface area contributed by atoms with Gasteiger partial charge in [-0.15, -0.1) is 0 Å². The minimum absolute atomic E-state index is 0.00595. The smallest absolute Gasteiger partial charge is 0.340 e. The first kappa shape index (κ1) is 17.0. The molecule has 1 heterocycles. The van der Waals surface area contributed by atoms with Crippen molar-refractivity contribution in [1.29, 1.82) is 0 Å². The van der Waals surface area contributed by atoms with Crippen LogP contribution in [0.5, 0.6) is 0 Å². The second kappa shape index (κ2) is 6.78. The summed E-state index contributed by atoms with van der Waals surface area (Å²) < 4.78 is 19.5. The molecule has 1 aliphatic rings. The highest BCUT2D eigenvalue weighted by Gasteiger charge is 2.34. The van der Waals surface area contributed by atoms with Crippen molar-refractivity contribution in [1.82, 2.24) is 0 Å². The fourth-order valence-corrected chi connectivity index (χ4v) is 3.62. The van der Waals surface area contributed by atoms with E-state index in [1.165, 1.54) is 24.0 Å². The van der Waals surface area contributed by atoms with Gasteiger partial charge in [0, 0.05) is 29.6 Å². The number of nitrogens with zero attached hydrogens (tertiary/aromatic N) is 1. The molecule has 1 unspecified atom stereocenters. The lowest BCUT2D eigenvalue weighted by Gasteiger charge is -2.19. The summed E-state index contributed by atoms with van der Waals surface area (Å²) in [6, 6.07) is 2.73. The Labute approximate surface area is 139 Å². The number of methoxy groups -OCH3 is 1. The van der Waals surface area contributed by atoms with Crippen LogP contribution >= 0.6 is 27.7 Å². The molecule has 1 aromatic carbocycles. The van der Waals surface area contributed by atoms with Crippen LogP contribution in [0.2, 0.25) is 0 Å². The molecule has 0 aromatic heterocycles. The van der Waals surface area contributed by atoms with E-state index in [0.29, 0.717) is 4.47 Å². The van der Waals surface area contributed by atoms with E-state index in [9.17, 15) is 18.8 Å². The van der Waals surface area contributed by atoms with Crippen LogP contribution in [0.3, 0.4) is 0 Å². The Bertz CT molecular complexity index is 652. The highest BCUT2D eigenvalue weighted by molar-refractivity contribution is 9.10. The molecule has 1 atom stereocenters. The van der Waals surface area contributed by atoms with E-state index in [-0.39, 0.29) is 40.5 Å². The first-order chi connectivity index (χ1) is 10.3. The number of carbonyl (C=O) groups is 3. The number of thioether (sulfide) groups is 1. The van der Waals surface area contributed by atoms with Gasteiger partial charge in [-0.2, -0.15) is 0 Å². The number of anilines is 1. The molecule has 118 valence electrons. The monoisotopic (exact) mass is 389 g/mol. The summed E-state index contributed by atoms with van der Waals surface area (Å²) in [5, 5.41) is -0.311. The third kappa shape index (κ3) is 3.49. The fourth-order valence-electron chi connectivity index (χ4n) is 2.25. The van der Waals surface area contributed by atoms with Gasteiger partial charge in [0.1, 0.15) is 0 Å². The number of hydrogen-bond acceptors (Lipinski definition) is 5. The molecule has 0 N–H and O–H groups in total. The molecule has 2 rings (SSSR count). The summed E-state index contributed by atoms with van der Waals surface area (Å²) in [6.45, 7) is 1.64. The van der Waals surface area contributed by atoms with E-state index < -0.39 is 11.8 Å². The van der Waals surface area contributed by atoms with E-state index in [2.05, 4.69) is 20.7 Å². The molecule has 5 nitrogen and oxygen atoms in total. The zero-order valence-electron chi connectivity index (χ0n) is 11.9. The van der Waals surface area contributed by atoms with Gasteiger partial charge in [0.05, 0.1) is 18.4 Å². The average Bonchev–Trinajstić information content (AvgIpc) is 2.79. The molecule has 1 fully saturated rings. The Kier molecular flexibility index (Phi) is 5.23. The first-order valence-corrected chi connectivity index (χ1v) is 8.05. The van der Waals surface area contributed by atoms with Gasteiger partial charge in [-0.25, -0.2) is 9.18 Å². The first-order valence-electron chi connectivity index (χ1n) is 6.38. The molecule has 1 aliphatic heterocycles. The van der Waals surface area contributed by atoms with Crippen molar-refractivity contribution < 1.29 is 23.5 Å². The molecule has 0 bridgehead atoms. The number of amides is 1. The Morgan fingerprint density at radius 3 is 2.73 bits per heavy atom. The lowest BCUT2D eigenvalue weighted by atomic mass is 10.1. The van der Waals surface area contributed by atoms with Crippen LogP contribution in [0, 0.1) is 5.82 Å². The van der Waals surface area contributed by atoms with Crippen molar-refractivity contribution >= 4 is 50.4 Å². The van der Waals surface area contributed by atoms with Gasteiger partial charge >= 0.3 is 5.97 Å². The number of carbonyl (C=O) groups excluding carboxylic acids is 3. The predicted molar refractivity (Wildman–Crippen MR) is 84.5 cm³/mol. The summed E-state index contributed by atoms with van der Waals surface area (Å²) in [5.41, 5.74) is -0.242. The van der Waals surface area contributed by atoms with Crippen molar-refractivity contribution in [3.63, 3.8) is 0 Å². The molecule has 0 spiro atoms. The van der Waals surface area contributed by atoms with Crippen molar-refractivity contribution in [3.8, 4) is 0 Å². The standard InChI is InChI=1S/C14H13BrFNO4S/c1-7(18)22-9-5-12(19)17(6-9)11-4-8(15)3-10(13(11)16)14(20)21-2/h3-4,9H,5-6H2,1-2H3. The quantitative estimate of drug-likeness (QED) is 0.743. The summed E-state index contributed by atoms with van der Waals surface area (Å²) in [5.74, 6) is -1.91. The van der Waals surface area contributed by atoms with Crippen molar-refractivity contribution in [3.05, 3.63) is 28.0 Å². The van der Waals surface area contributed by atoms with E-state index in [1.807, 2.05) is 0 Å². The molecule has 8 heteroatoms. The van der Waals surface area contributed by atoms with Crippen LogP contribution in [0.4, 0.5) is 10.1 Å². The second-order valence-corrected chi connectivity index (χ2v) is 7.11. The number of esters is 1. The SMILES string of the molecule is COC(=O)c1cc(Br)cc(N2CC(SC(C)=O)CC2=O)c1F. The lowest BCUT2D eigenvalue weighted by molar-refractivity contribution is -0.117. The van der Waals surface area contributed by atoms with E-state index >= 15 is 0 Å². The highest BCUT2D eigenvalue weighted by atomic mass is 79.9. The third-order valence-corrected chi connectivity index (χ3v) is 4.58. The largest absolute Gasteiger partial charge is 0.465 e. The second-order valence-electron chi connectivity index (χ2n) is 4.72. The summed E-state index contributed by atoms with van der Waals surface area (Å²) in [4.78, 5) is 36.1. The van der Waals surface area contributed by atoms with Gasteiger partial charge in [0.2, 0.25) is 5.91 Å². The van der Waals surface area contributed by atoms with Gasteiger partial charge in [0.15, 0.2) is 10.9 Å². The van der Waals surface area contributed by atoms with Crippen LogP contribution in [0.15, 0.2) is 16.6 Å². The zero-order chi connectivity index (χ0) is 16.4. The zero-order valence-corrected chi connectivity index (χ0v) is 14.3. The minimum atomic E-state index is -0.818. The molecule has 1 amide bonds. The van der Waals surface area contributed by atoms with Gasteiger partial charge < -0.3 is 9.64 Å². The molecule has 1 aromatic rings. The summed E-state index contributed by atoms with van der Waals surface area (Å²) in [6.07, 6.45) is 0.157. The van der Waals surface area contributed by atoms with Gasteiger partial charge in [0.25, 0.3) is 0 Å². The molecule has 0 aliphatic carbocycles. The van der Waals surface area contributed by atoms with Crippen molar-refractivity contribution in [2.75, 3.05) is 18.6 Å². The number of halogens is 2. The van der Waals surface area contributed by atoms with Gasteiger partial charge in [-0.1, -0.05) is 27.7 Å². The molecule has 22 heavy (non-hydrogen) atoms. The van der Waals surface area contributed by atoms with E-state index in [1.54, 1.807) is 0 Å². The maximum Gasteiger partial charge on any atom is 0.340 e. The predicted octanol–water partition coefficient (Wildman–Crippen LogP) is 2.76. The number of rotatable bonds is 3.